The summed E-state index contributed by atoms with van der Waals surface area (Å²) in [7, 11) is 0. The maximum atomic E-state index is 12.9. The zero-order valence-corrected chi connectivity index (χ0v) is 13.1. The predicted octanol–water partition coefficient (Wildman–Crippen LogP) is 3.78. The second kappa shape index (κ2) is 6.51. The standard InChI is InChI=1S/C18H19ClN2O/c19-16-11-13(12-20)8-9-15(16)18(22)21-10-4-3-6-14-5-1-2-7-17(14)21/h1-2,5,7-9,11H,3-4,6,10,12,20H2. The molecule has 0 spiro atoms. The van der Waals surface area contributed by atoms with Crippen LogP contribution in [-0.4, -0.2) is 12.5 Å². The van der Waals surface area contributed by atoms with Gasteiger partial charge in [-0.15, -0.1) is 0 Å². The summed E-state index contributed by atoms with van der Waals surface area (Å²) in [4.78, 5) is 14.8. The van der Waals surface area contributed by atoms with Crippen LogP contribution < -0.4 is 10.6 Å². The van der Waals surface area contributed by atoms with Crippen molar-refractivity contribution in [3.63, 3.8) is 0 Å². The molecule has 22 heavy (non-hydrogen) atoms. The average molecular weight is 315 g/mol. The predicted molar refractivity (Wildman–Crippen MR) is 90.4 cm³/mol. The molecule has 1 amide bonds. The fraction of sp³-hybridized carbons (Fsp3) is 0.278. The Morgan fingerprint density at radius 3 is 2.77 bits per heavy atom. The van der Waals surface area contributed by atoms with E-state index >= 15 is 0 Å². The minimum Gasteiger partial charge on any atom is -0.326 e. The molecule has 4 heteroatoms. The summed E-state index contributed by atoms with van der Waals surface area (Å²) in [6.07, 6.45) is 3.11. The van der Waals surface area contributed by atoms with Crippen LogP contribution in [0.2, 0.25) is 5.02 Å². The molecule has 2 aromatic rings. The summed E-state index contributed by atoms with van der Waals surface area (Å²) in [6, 6.07) is 13.5. The summed E-state index contributed by atoms with van der Waals surface area (Å²) < 4.78 is 0. The molecular weight excluding hydrogens is 296 g/mol. The van der Waals surface area contributed by atoms with Gasteiger partial charge in [-0.3, -0.25) is 4.79 Å². The SMILES string of the molecule is NCc1ccc(C(=O)N2CCCCc3ccccc32)c(Cl)c1. The lowest BCUT2D eigenvalue weighted by Gasteiger charge is -2.23. The highest BCUT2D eigenvalue weighted by Crippen LogP contribution is 2.29. The lowest BCUT2D eigenvalue weighted by molar-refractivity contribution is 0.0987. The van der Waals surface area contributed by atoms with E-state index in [4.69, 9.17) is 17.3 Å². The molecule has 0 saturated heterocycles. The van der Waals surface area contributed by atoms with E-state index in [1.54, 1.807) is 12.1 Å². The molecule has 0 aromatic heterocycles. The number of hydrogen-bond acceptors (Lipinski definition) is 2. The van der Waals surface area contributed by atoms with Crippen molar-refractivity contribution in [1.82, 2.24) is 0 Å². The maximum absolute atomic E-state index is 12.9. The molecular formula is C18H19ClN2O. The Morgan fingerprint density at radius 2 is 2.00 bits per heavy atom. The summed E-state index contributed by atoms with van der Waals surface area (Å²) >= 11 is 6.29. The molecule has 2 N–H and O–H groups in total. The second-order valence-electron chi connectivity index (χ2n) is 5.56. The molecule has 114 valence electrons. The van der Waals surface area contributed by atoms with Gasteiger partial charge in [0.1, 0.15) is 0 Å². The Balaban J connectivity index is 1.98. The van der Waals surface area contributed by atoms with Crippen molar-refractivity contribution < 1.29 is 4.79 Å². The first-order valence-corrected chi connectivity index (χ1v) is 7.97. The molecule has 0 aliphatic carbocycles. The number of carbonyl (C=O) groups excluding carboxylic acids is 1. The first kappa shape index (κ1) is 15.1. The molecule has 1 aliphatic heterocycles. The van der Waals surface area contributed by atoms with Gasteiger partial charge in [-0.1, -0.05) is 35.9 Å². The molecule has 0 bridgehead atoms. The van der Waals surface area contributed by atoms with Gasteiger partial charge in [-0.05, 0) is 48.6 Å². The lowest BCUT2D eigenvalue weighted by atomic mass is 10.1. The molecule has 2 aromatic carbocycles. The van der Waals surface area contributed by atoms with Gasteiger partial charge in [0.15, 0.2) is 0 Å². The Hall–Kier alpha value is -1.84. The van der Waals surface area contributed by atoms with E-state index in [9.17, 15) is 4.79 Å². The molecule has 1 aliphatic rings. The van der Waals surface area contributed by atoms with Crippen molar-refractivity contribution in [1.29, 1.82) is 0 Å². The number of nitrogens with zero attached hydrogens (tertiary/aromatic N) is 1. The number of para-hydroxylation sites is 1. The number of nitrogens with two attached hydrogens (primary N) is 1. The van der Waals surface area contributed by atoms with Crippen molar-refractivity contribution in [3.05, 3.63) is 64.2 Å². The number of anilines is 1. The van der Waals surface area contributed by atoms with Crippen LogP contribution in [0.25, 0.3) is 0 Å². The third-order valence-electron chi connectivity index (χ3n) is 4.11. The minimum absolute atomic E-state index is 0.0390. The van der Waals surface area contributed by atoms with Gasteiger partial charge in [0.05, 0.1) is 10.6 Å². The van der Waals surface area contributed by atoms with Gasteiger partial charge in [0, 0.05) is 18.8 Å². The average Bonchev–Trinajstić information content (AvgIpc) is 2.76. The molecule has 3 rings (SSSR count). The van der Waals surface area contributed by atoms with Crippen LogP contribution in [0.4, 0.5) is 5.69 Å². The van der Waals surface area contributed by atoms with Gasteiger partial charge >= 0.3 is 0 Å². The number of fused-ring (bicyclic) bond motifs is 1. The maximum Gasteiger partial charge on any atom is 0.259 e. The monoisotopic (exact) mass is 314 g/mol. The van der Waals surface area contributed by atoms with E-state index < -0.39 is 0 Å². The minimum atomic E-state index is -0.0390. The van der Waals surface area contributed by atoms with Crippen LogP contribution in [0.5, 0.6) is 0 Å². The van der Waals surface area contributed by atoms with Crippen LogP contribution in [-0.2, 0) is 13.0 Å². The van der Waals surface area contributed by atoms with E-state index in [-0.39, 0.29) is 5.91 Å². The molecule has 3 nitrogen and oxygen atoms in total. The number of benzene rings is 2. The smallest absolute Gasteiger partial charge is 0.259 e. The molecule has 0 atom stereocenters. The van der Waals surface area contributed by atoms with Crippen LogP contribution in [0.3, 0.4) is 0 Å². The number of rotatable bonds is 2. The highest BCUT2D eigenvalue weighted by atomic mass is 35.5. The third-order valence-corrected chi connectivity index (χ3v) is 4.42. The molecule has 1 heterocycles. The van der Waals surface area contributed by atoms with Crippen molar-refractivity contribution in [2.75, 3.05) is 11.4 Å². The van der Waals surface area contributed by atoms with E-state index in [1.165, 1.54) is 5.56 Å². The number of hydrogen-bond donors (Lipinski definition) is 1. The van der Waals surface area contributed by atoms with Gasteiger partial charge in [0.25, 0.3) is 5.91 Å². The first-order valence-electron chi connectivity index (χ1n) is 7.59. The number of halogens is 1. The van der Waals surface area contributed by atoms with Gasteiger partial charge in [-0.2, -0.15) is 0 Å². The highest BCUT2D eigenvalue weighted by Gasteiger charge is 2.23. The summed E-state index contributed by atoms with van der Waals surface area (Å²) in [5.74, 6) is -0.0390. The Morgan fingerprint density at radius 1 is 1.18 bits per heavy atom. The Bertz CT molecular complexity index is 699. The highest BCUT2D eigenvalue weighted by molar-refractivity contribution is 6.34. The van der Waals surface area contributed by atoms with Gasteiger partial charge < -0.3 is 10.6 Å². The zero-order chi connectivity index (χ0) is 15.5. The quantitative estimate of drug-likeness (QED) is 0.917. The first-order chi connectivity index (χ1) is 10.7. The molecule has 0 radical (unpaired) electrons. The Kier molecular flexibility index (Phi) is 4.46. The lowest BCUT2D eigenvalue weighted by Crippen LogP contribution is -2.32. The van der Waals surface area contributed by atoms with Crippen molar-refractivity contribution in [2.45, 2.75) is 25.8 Å². The van der Waals surface area contributed by atoms with Crippen LogP contribution >= 0.6 is 11.6 Å². The van der Waals surface area contributed by atoms with E-state index in [0.717, 1.165) is 37.1 Å². The largest absolute Gasteiger partial charge is 0.326 e. The number of amides is 1. The fourth-order valence-corrected chi connectivity index (χ4v) is 3.19. The van der Waals surface area contributed by atoms with Gasteiger partial charge in [0.2, 0.25) is 0 Å². The third kappa shape index (κ3) is 2.87. The molecule has 0 saturated carbocycles. The van der Waals surface area contributed by atoms with Crippen molar-refractivity contribution in [2.24, 2.45) is 5.73 Å². The second-order valence-corrected chi connectivity index (χ2v) is 5.97. The van der Waals surface area contributed by atoms with Crippen molar-refractivity contribution >= 4 is 23.2 Å². The summed E-state index contributed by atoms with van der Waals surface area (Å²) in [5, 5.41) is 0.467. The van der Waals surface area contributed by atoms with E-state index in [0.29, 0.717) is 17.1 Å². The summed E-state index contributed by atoms with van der Waals surface area (Å²) in [6.45, 7) is 1.14. The van der Waals surface area contributed by atoms with Crippen LogP contribution in [0.15, 0.2) is 42.5 Å². The number of carbonyl (C=O) groups is 1. The fourth-order valence-electron chi connectivity index (χ4n) is 2.91. The van der Waals surface area contributed by atoms with Crippen LogP contribution in [0.1, 0.15) is 34.3 Å². The van der Waals surface area contributed by atoms with E-state index in [1.807, 2.05) is 29.2 Å². The van der Waals surface area contributed by atoms with Crippen LogP contribution in [0, 0.1) is 0 Å². The zero-order valence-electron chi connectivity index (χ0n) is 12.4. The normalized spacial score (nSPS) is 14.4. The summed E-state index contributed by atoms with van der Waals surface area (Å²) in [5.41, 5.74) is 9.31. The van der Waals surface area contributed by atoms with Gasteiger partial charge in [-0.25, -0.2) is 0 Å². The van der Waals surface area contributed by atoms with Crippen molar-refractivity contribution in [3.8, 4) is 0 Å². The molecule has 0 unspecified atom stereocenters. The Labute approximate surface area is 135 Å². The number of aryl methyl sites for hydroxylation is 1. The molecule has 0 fully saturated rings. The topological polar surface area (TPSA) is 46.3 Å². The van der Waals surface area contributed by atoms with E-state index in [2.05, 4.69) is 6.07 Å².